The van der Waals surface area contributed by atoms with Crippen molar-refractivity contribution in [1.82, 2.24) is 14.9 Å². The van der Waals surface area contributed by atoms with E-state index in [2.05, 4.69) is 40.1 Å². The Bertz CT molecular complexity index is 789. The molecule has 0 unspecified atom stereocenters. The first-order valence-corrected chi connectivity index (χ1v) is 9.79. The molecular weight excluding hydrogens is 390 g/mol. The van der Waals surface area contributed by atoms with Crippen LogP contribution in [-0.4, -0.2) is 27.8 Å². The fraction of sp³-hybridized carbons (Fsp3) is 0.471. The molecule has 0 aliphatic heterocycles. The van der Waals surface area contributed by atoms with Gasteiger partial charge in [-0.1, -0.05) is 41.5 Å². The number of carbonyl (C=O) groups excluding carboxylic acids is 1. The number of carbonyl (C=O) groups is 1. The molecule has 0 radical (unpaired) electrons. The molecule has 2 rings (SSSR count). The van der Waals surface area contributed by atoms with Crippen molar-refractivity contribution in [3.05, 3.63) is 33.0 Å². The van der Waals surface area contributed by atoms with Gasteiger partial charge in [-0.25, -0.2) is 4.98 Å². The number of nitrogens with one attached hydrogen (secondary N) is 1. The van der Waals surface area contributed by atoms with Crippen molar-refractivity contribution in [2.75, 3.05) is 12.3 Å². The van der Waals surface area contributed by atoms with E-state index in [1.165, 1.54) is 11.8 Å². The van der Waals surface area contributed by atoms with Crippen molar-refractivity contribution >= 4 is 44.5 Å². The SMILES string of the molecule is CCn1c(SCC(=O)NCCC(C)C)nc2ccc(Br)cc2c1=O. The Morgan fingerprint density at radius 3 is 2.83 bits per heavy atom. The van der Waals surface area contributed by atoms with Crippen LogP contribution >= 0.6 is 27.7 Å². The minimum atomic E-state index is -0.0773. The molecule has 0 spiro atoms. The van der Waals surface area contributed by atoms with E-state index in [9.17, 15) is 9.59 Å². The number of hydrogen-bond acceptors (Lipinski definition) is 4. The average Bonchev–Trinajstić information content (AvgIpc) is 2.53. The molecule has 0 bridgehead atoms. The summed E-state index contributed by atoms with van der Waals surface area (Å²) in [6.07, 6.45) is 0.958. The van der Waals surface area contributed by atoms with E-state index in [1.54, 1.807) is 10.6 Å². The summed E-state index contributed by atoms with van der Waals surface area (Å²) in [5, 5.41) is 4.06. The van der Waals surface area contributed by atoms with E-state index in [0.29, 0.717) is 35.1 Å². The number of nitrogens with zero attached hydrogens (tertiary/aromatic N) is 2. The van der Waals surface area contributed by atoms with Crippen molar-refractivity contribution in [3.8, 4) is 0 Å². The number of benzene rings is 1. The van der Waals surface area contributed by atoms with Crippen LogP contribution in [0.3, 0.4) is 0 Å². The summed E-state index contributed by atoms with van der Waals surface area (Å²) in [6, 6.07) is 5.45. The predicted molar refractivity (Wildman–Crippen MR) is 103 cm³/mol. The van der Waals surface area contributed by atoms with Gasteiger partial charge in [0.05, 0.1) is 16.7 Å². The summed E-state index contributed by atoms with van der Waals surface area (Å²) in [5.41, 5.74) is 0.571. The highest BCUT2D eigenvalue weighted by Gasteiger charge is 2.12. The second-order valence-corrected chi connectivity index (χ2v) is 7.78. The number of aromatic nitrogens is 2. The zero-order chi connectivity index (χ0) is 17.7. The fourth-order valence-corrected chi connectivity index (χ4v) is 3.50. The highest BCUT2D eigenvalue weighted by atomic mass is 79.9. The van der Waals surface area contributed by atoms with Crippen molar-refractivity contribution < 1.29 is 4.79 Å². The third kappa shape index (κ3) is 4.83. The first-order valence-electron chi connectivity index (χ1n) is 8.02. The van der Waals surface area contributed by atoms with E-state index in [0.717, 1.165) is 10.9 Å². The van der Waals surface area contributed by atoms with Gasteiger partial charge in [-0.15, -0.1) is 0 Å². The fourth-order valence-electron chi connectivity index (χ4n) is 2.24. The maximum Gasteiger partial charge on any atom is 0.262 e. The van der Waals surface area contributed by atoms with Crippen molar-refractivity contribution in [2.45, 2.75) is 38.9 Å². The Kier molecular flexibility index (Phi) is 6.86. The maximum atomic E-state index is 12.6. The third-order valence-electron chi connectivity index (χ3n) is 3.57. The molecule has 0 saturated carbocycles. The van der Waals surface area contributed by atoms with Crippen molar-refractivity contribution in [3.63, 3.8) is 0 Å². The predicted octanol–water partition coefficient (Wildman–Crippen LogP) is 3.43. The molecule has 5 nitrogen and oxygen atoms in total. The lowest BCUT2D eigenvalue weighted by molar-refractivity contribution is -0.118. The lowest BCUT2D eigenvalue weighted by atomic mass is 10.1. The van der Waals surface area contributed by atoms with E-state index in [4.69, 9.17) is 0 Å². The summed E-state index contributed by atoms with van der Waals surface area (Å²) >= 11 is 4.68. The number of amides is 1. The zero-order valence-corrected chi connectivity index (χ0v) is 16.5. The molecule has 130 valence electrons. The molecule has 24 heavy (non-hydrogen) atoms. The van der Waals surface area contributed by atoms with Crippen LogP contribution in [0.5, 0.6) is 0 Å². The monoisotopic (exact) mass is 411 g/mol. The molecule has 0 fully saturated rings. The van der Waals surface area contributed by atoms with Gasteiger partial charge in [-0.2, -0.15) is 0 Å². The summed E-state index contributed by atoms with van der Waals surface area (Å²) < 4.78 is 2.46. The molecule has 1 heterocycles. The van der Waals surface area contributed by atoms with Gasteiger partial charge in [0.15, 0.2) is 5.16 Å². The topological polar surface area (TPSA) is 64.0 Å². The minimum Gasteiger partial charge on any atom is -0.355 e. The highest BCUT2D eigenvalue weighted by molar-refractivity contribution is 9.10. The zero-order valence-electron chi connectivity index (χ0n) is 14.1. The Morgan fingerprint density at radius 1 is 1.42 bits per heavy atom. The largest absolute Gasteiger partial charge is 0.355 e. The van der Waals surface area contributed by atoms with E-state index in [1.807, 2.05) is 19.1 Å². The maximum absolute atomic E-state index is 12.6. The normalized spacial score (nSPS) is 11.2. The van der Waals surface area contributed by atoms with Crippen LogP contribution in [0.25, 0.3) is 10.9 Å². The molecular formula is C17H22BrN3O2S. The summed E-state index contributed by atoms with van der Waals surface area (Å²) in [5.74, 6) is 0.783. The average molecular weight is 412 g/mol. The molecule has 1 N–H and O–H groups in total. The molecule has 1 aromatic carbocycles. The summed E-state index contributed by atoms with van der Waals surface area (Å²) in [4.78, 5) is 29.1. The van der Waals surface area contributed by atoms with Gasteiger partial charge >= 0.3 is 0 Å². The number of hydrogen-bond donors (Lipinski definition) is 1. The summed E-state index contributed by atoms with van der Waals surface area (Å²) in [6.45, 7) is 7.35. The molecule has 7 heteroatoms. The first kappa shape index (κ1) is 19.0. The lowest BCUT2D eigenvalue weighted by Crippen LogP contribution is -2.28. The van der Waals surface area contributed by atoms with Crippen LogP contribution in [0.2, 0.25) is 0 Å². The Morgan fingerprint density at radius 2 is 2.17 bits per heavy atom. The van der Waals surface area contributed by atoms with E-state index in [-0.39, 0.29) is 17.2 Å². The Balaban J connectivity index is 2.15. The van der Waals surface area contributed by atoms with Crippen LogP contribution in [0.1, 0.15) is 27.2 Å². The molecule has 2 aromatic rings. The van der Waals surface area contributed by atoms with Gasteiger partial charge in [-0.05, 0) is 37.5 Å². The first-order chi connectivity index (χ1) is 11.4. The quantitative estimate of drug-likeness (QED) is 0.559. The molecule has 0 saturated heterocycles. The van der Waals surface area contributed by atoms with Crippen molar-refractivity contribution in [2.24, 2.45) is 5.92 Å². The van der Waals surface area contributed by atoms with Gasteiger partial charge in [0.25, 0.3) is 5.56 Å². The van der Waals surface area contributed by atoms with Gasteiger partial charge in [0.2, 0.25) is 5.91 Å². The Labute approximate surface area is 154 Å². The van der Waals surface area contributed by atoms with E-state index < -0.39 is 0 Å². The summed E-state index contributed by atoms with van der Waals surface area (Å²) in [7, 11) is 0. The third-order valence-corrected chi connectivity index (χ3v) is 5.04. The van der Waals surface area contributed by atoms with Gasteiger partial charge < -0.3 is 5.32 Å². The van der Waals surface area contributed by atoms with E-state index >= 15 is 0 Å². The molecule has 0 aliphatic rings. The highest BCUT2D eigenvalue weighted by Crippen LogP contribution is 2.20. The second-order valence-electron chi connectivity index (χ2n) is 5.93. The number of halogens is 1. The van der Waals surface area contributed by atoms with Gasteiger partial charge in [0.1, 0.15) is 0 Å². The number of rotatable bonds is 7. The van der Waals surface area contributed by atoms with Crippen molar-refractivity contribution in [1.29, 1.82) is 0 Å². The van der Waals surface area contributed by atoms with Gasteiger partial charge in [-0.3, -0.25) is 14.2 Å². The molecule has 1 amide bonds. The smallest absolute Gasteiger partial charge is 0.262 e. The van der Waals surface area contributed by atoms with Crippen LogP contribution in [-0.2, 0) is 11.3 Å². The molecule has 0 atom stereocenters. The standard InChI is InChI=1S/C17H22BrN3O2S/c1-4-21-16(23)13-9-12(18)5-6-14(13)20-17(21)24-10-15(22)19-8-7-11(2)3/h5-6,9,11H,4,7-8,10H2,1-3H3,(H,19,22). The lowest BCUT2D eigenvalue weighted by Gasteiger charge is -2.11. The Hall–Kier alpha value is -1.34. The number of fused-ring (bicyclic) bond motifs is 1. The van der Waals surface area contributed by atoms with Gasteiger partial charge in [0, 0.05) is 17.6 Å². The second kappa shape index (κ2) is 8.67. The van der Waals surface area contributed by atoms with Crippen LogP contribution in [0.4, 0.5) is 0 Å². The molecule has 0 aliphatic carbocycles. The number of thioether (sulfide) groups is 1. The van der Waals surface area contributed by atoms with Crippen LogP contribution in [0.15, 0.2) is 32.6 Å². The molecule has 1 aromatic heterocycles. The minimum absolute atomic E-state index is 0.0338. The van der Waals surface area contributed by atoms with Crippen LogP contribution in [0, 0.1) is 5.92 Å². The van der Waals surface area contributed by atoms with Crippen LogP contribution < -0.4 is 10.9 Å².